The summed E-state index contributed by atoms with van der Waals surface area (Å²) in [5.74, 6) is -4.32. The van der Waals surface area contributed by atoms with Crippen molar-refractivity contribution < 1.29 is 29.9 Å². The predicted octanol–water partition coefficient (Wildman–Crippen LogP) is 12.2. The fourth-order valence-corrected chi connectivity index (χ4v) is 7.99. The molecule has 258 valence electrons. The molecule has 0 amide bonds. The van der Waals surface area contributed by atoms with E-state index in [0.29, 0.717) is 16.3 Å². The molecule has 0 spiro atoms. The van der Waals surface area contributed by atoms with Crippen molar-refractivity contribution in [2.45, 2.75) is 0 Å². The molecule has 10 rings (SSSR count). The normalized spacial score (nSPS) is 11.7. The first-order valence-corrected chi connectivity index (χ1v) is 17.5. The Morgan fingerprint density at radius 1 is 0.278 bits per heavy atom. The molecular formula is C48H30O6. The van der Waals surface area contributed by atoms with Gasteiger partial charge in [-0.3, -0.25) is 0 Å². The summed E-state index contributed by atoms with van der Waals surface area (Å²) in [6.45, 7) is 0. The van der Waals surface area contributed by atoms with E-state index in [1.54, 1.807) is 0 Å². The Morgan fingerprint density at radius 3 is 1.46 bits per heavy atom. The van der Waals surface area contributed by atoms with Crippen LogP contribution in [0.5, 0.6) is 28.7 Å². The highest BCUT2D eigenvalue weighted by Gasteiger charge is 2.28. The van der Waals surface area contributed by atoms with Gasteiger partial charge in [0.1, 0.15) is 11.2 Å². The molecule has 1 aromatic heterocycles. The van der Waals surface area contributed by atoms with Crippen molar-refractivity contribution in [1.82, 2.24) is 0 Å². The van der Waals surface area contributed by atoms with Gasteiger partial charge in [0, 0.05) is 16.3 Å². The van der Waals surface area contributed by atoms with Crippen molar-refractivity contribution in [1.29, 1.82) is 0 Å². The Kier molecular flexibility index (Phi) is 6.84. The standard InChI is InChI=1S/C48H30O6/c49-44-43(45(50)47(52)48(53)46(44)51)42-36-14-5-3-12-34(36)41(35-13-4-6-15-37(35)42)32-19-21-39-38(24-32)33-20-18-31(25-40(33)54-39)29-11-7-10-28(23-29)30-17-16-26-8-1-2-9-27(26)22-30/h1-25,49-53H. The van der Waals surface area contributed by atoms with Crippen molar-refractivity contribution in [2.24, 2.45) is 0 Å². The Morgan fingerprint density at radius 2 is 0.796 bits per heavy atom. The molecule has 0 unspecified atom stereocenters. The maximum Gasteiger partial charge on any atom is 0.208 e. The summed E-state index contributed by atoms with van der Waals surface area (Å²) >= 11 is 0. The smallest absolute Gasteiger partial charge is 0.208 e. The third-order valence-corrected chi connectivity index (χ3v) is 10.6. The van der Waals surface area contributed by atoms with E-state index in [2.05, 4.69) is 91.0 Å². The quantitative estimate of drug-likeness (QED) is 0.0708. The lowest BCUT2D eigenvalue weighted by molar-refractivity contribution is 0.330. The number of benzene rings is 9. The van der Waals surface area contributed by atoms with Crippen molar-refractivity contribution in [3.05, 3.63) is 152 Å². The number of hydrogen-bond acceptors (Lipinski definition) is 6. The highest BCUT2D eigenvalue weighted by Crippen LogP contribution is 2.57. The Bertz CT molecular complexity index is 3090. The summed E-state index contributed by atoms with van der Waals surface area (Å²) in [4.78, 5) is 0. The molecule has 0 aliphatic rings. The molecule has 0 atom stereocenters. The molecule has 0 bridgehead atoms. The van der Waals surface area contributed by atoms with Crippen LogP contribution in [-0.4, -0.2) is 25.5 Å². The number of aromatic hydroxyl groups is 5. The fourth-order valence-electron chi connectivity index (χ4n) is 7.99. The van der Waals surface area contributed by atoms with Gasteiger partial charge >= 0.3 is 0 Å². The molecular weight excluding hydrogens is 673 g/mol. The first kappa shape index (κ1) is 31.3. The van der Waals surface area contributed by atoms with E-state index in [1.807, 2.05) is 60.7 Å². The summed E-state index contributed by atoms with van der Waals surface area (Å²) in [5, 5.41) is 60.5. The van der Waals surface area contributed by atoms with Crippen LogP contribution in [0.1, 0.15) is 0 Å². The highest BCUT2D eigenvalue weighted by atomic mass is 16.4. The zero-order valence-electron chi connectivity index (χ0n) is 28.6. The molecule has 54 heavy (non-hydrogen) atoms. The maximum atomic E-state index is 11.0. The molecule has 0 fully saturated rings. The molecule has 0 saturated carbocycles. The van der Waals surface area contributed by atoms with Crippen molar-refractivity contribution in [3.63, 3.8) is 0 Å². The average molecular weight is 703 g/mol. The van der Waals surface area contributed by atoms with E-state index >= 15 is 0 Å². The van der Waals surface area contributed by atoms with Crippen LogP contribution in [-0.2, 0) is 0 Å². The Labute approximate surface area is 308 Å². The van der Waals surface area contributed by atoms with Gasteiger partial charge in [0.15, 0.2) is 11.5 Å². The second-order valence-electron chi connectivity index (χ2n) is 13.6. The number of phenols is 5. The topological polar surface area (TPSA) is 114 Å². The molecule has 5 N–H and O–H groups in total. The van der Waals surface area contributed by atoms with Gasteiger partial charge in [-0.1, -0.05) is 115 Å². The van der Waals surface area contributed by atoms with E-state index in [9.17, 15) is 25.5 Å². The summed E-state index contributed by atoms with van der Waals surface area (Å²) < 4.78 is 6.46. The molecule has 6 heteroatoms. The van der Waals surface area contributed by atoms with Crippen molar-refractivity contribution in [2.75, 3.05) is 0 Å². The van der Waals surface area contributed by atoms with Crippen molar-refractivity contribution >= 4 is 54.3 Å². The number of phenolic OH excluding ortho intramolecular Hbond substituents is 5. The second-order valence-corrected chi connectivity index (χ2v) is 13.6. The molecule has 9 aromatic carbocycles. The van der Waals surface area contributed by atoms with E-state index in [0.717, 1.165) is 66.1 Å². The molecule has 0 radical (unpaired) electrons. The van der Waals surface area contributed by atoms with Gasteiger partial charge < -0.3 is 29.9 Å². The van der Waals surface area contributed by atoms with E-state index in [4.69, 9.17) is 4.42 Å². The average Bonchev–Trinajstić information content (AvgIpc) is 3.59. The van der Waals surface area contributed by atoms with Gasteiger partial charge in [-0.15, -0.1) is 0 Å². The predicted molar refractivity (Wildman–Crippen MR) is 216 cm³/mol. The van der Waals surface area contributed by atoms with Crippen LogP contribution in [0, 0.1) is 0 Å². The third-order valence-electron chi connectivity index (χ3n) is 10.6. The lowest BCUT2D eigenvalue weighted by Crippen LogP contribution is -1.92. The molecule has 10 aromatic rings. The summed E-state index contributed by atoms with van der Waals surface area (Å²) in [7, 11) is 0. The number of fused-ring (bicyclic) bond motifs is 6. The monoisotopic (exact) mass is 702 g/mol. The first-order valence-electron chi connectivity index (χ1n) is 17.5. The van der Waals surface area contributed by atoms with E-state index in [1.165, 1.54) is 10.8 Å². The molecule has 0 aliphatic heterocycles. The molecule has 0 aliphatic carbocycles. The van der Waals surface area contributed by atoms with Gasteiger partial charge in [-0.2, -0.15) is 0 Å². The van der Waals surface area contributed by atoms with Crippen LogP contribution < -0.4 is 0 Å². The van der Waals surface area contributed by atoms with Crippen LogP contribution in [0.25, 0.3) is 98.8 Å². The lowest BCUT2D eigenvalue weighted by Gasteiger charge is -2.20. The summed E-state index contributed by atoms with van der Waals surface area (Å²) in [5.41, 5.74) is 8.05. The van der Waals surface area contributed by atoms with Gasteiger partial charge in [0.2, 0.25) is 17.2 Å². The summed E-state index contributed by atoms with van der Waals surface area (Å²) in [6, 6.07) is 51.1. The summed E-state index contributed by atoms with van der Waals surface area (Å²) in [6.07, 6.45) is 0. The zero-order valence-corrected chi connectivity index (χ0v) is 28.6. The third kappa shape index (κ3) is 4.67. The van der Waals surface area contributed by atoms with Crippen LogP contribution >= 0.6 is 0 Å². The van der Waals surface area contributed by atoms with Gasteiger partial charge in [0.05, 0.1) is 5.56 Å². The van der Waals surface area contributed by atoms with Crippen LogP contribution in [0.4, 0.5) is 0 Å². The van der Waals surface area contributed by atoms with Crippen LogP contribution in [0.3, 0.4) is 0 Å². The van der Waals surface area contributed by atoms with Gasteiger partial charge in [0.25, 0.3) is 0 Å². The molecule has 1 heterocycles. The Balaban J connectivity index is 1.12. The second kappa shape index (κ2) is 11.8. The minimum absolute atomic E-state index is 0.184. The number of rotatable bonds is 4. The van der Waals surface area contributed by atoms with Crippen LogP contribution in [0.15, 0.2) is 156 Å². The lowest BCUT2D eigenvalue weighted by atomic mass is 9.85. The minimum Gasteiger partial charge on any atom is -0.504 e. The number of furan rings is 1. The Hall–Kier alpha value is -7.44. The molecule has 0 saturated heterocycles. The number of hydrogen-bond donors (Lipinski definition) is 5. The van der Waals surface area contributed by atoms with Gasteiger partial charge in [-0.05, 0) is 102 Å². The molecule has 6 nitrogen and oxygen atoms in total. The SMILES string of the molecule is Oc1c(O)c(O)c(-c2c3ccccc3c(-c3ccc4oc5cc(-c6cccc(-c7ccc8ccccc8c7)c6)ccc5c4c3)c3ccccc23)c(O)c1O. The maximum absolute atomic E-state index is 11.0. The van der Waals surface area contributed by atoms with Crippen LogP contribution in [0.2, 0.25) is 0 Å². The zero-order chi connectivity index (χ0) is 36.7. The highest BCUT2D eigenvalue weighted by molar-refractivity contribution is 6.23. The van der Waals surface area contributed by atoms with Gasteiger partial charge in [-0.25, -0.2) is 0 Å². The minimum atomic E-state index is -0.999. The van der Waals surface area contributed by atoms with E-state index < -0.39 is 28.7 Å². The fraction of sp³-hybridized carbons (Fsp3) is 0. The largest absolute Gasteiger partial charge is 0.504 e. The van der Waals surface area contributed by atoms with Crippen molar-refractivity contribution in [3.8, 4) is 73.3 Å². The van der Waals surface area contributed by atoms with E-state index in [-0.39, 0.29) is 5.56 Å². The first-order chi connectivity index (χ1) is 26.4.